The fraction of sp³-hybridized carbons (Fsp3) is 0.188. The molecule has 0 amide bonds. The highest BCUT2D eigenvalue weighted by Gasteiger charge is 2.04. The van der Waals surface area contributed by atoms with Gasteiger partial charge in [-0.05, 0) is 61.0 Å². The number of aromatic amines is 1. The van der Waals surface area contributed by atoms with Crippen LogP contribution in [0.3, 0.4) is 0 Å². The Morgan fingerprint density at radius 2 is 1.90 bits per heavy atom. The monoisotopic (exact) mass is 302 g/mol. The van der Waals surface area contributed by atoms with Gasteiger partial charge in [0.05, 0.1) is 11.0 Å². The quantitative estimate of drug-likeness (QED) is 0.682. The number of hydrogen-bond donors (Lipinski definition) is 1. The summed E-state index contributed by atoms with van der Waals surface area (Å²) in [5, 5.41) is 0.771. The van der Waals surface area contributed by atoms with Gasteiger partial charge in [0, 0.05) is 11.6 Å². The van der Waals surface area contributed by atoms with E-state index in [1.54, 1.807) is 0 Å². The highest BCUT2D eigenvalue weighted by atomic mass is 35.5. The molecular formula is C16H15ClN2S. The molecule has 3 rings (SSSR count). The minimum atomic E-state index is 0.771. The third kappa shape index (κ3) is 2.65. The first kappa shape index (κ1) is 13.4. The number of aryl methyl sites for hydroxylation is 3. The Morgan fingerprint density at radius 1 is 1.15 bits per heavy atom. The van der Waals surface area contributed by atoms with Gasteiger partial charge >= 0.3 is 0 Å². The molecule has 1 aromatic heterocycles. The third-order valence-electron chi connectivity index (χ3n) is 3.47. The Kier molecular flexibility index (Phi) is 3.64. The first-order valence-electron chi connectivity index (χ1n) is 6.57. The molecule has 3 aromatic rings. The number of hydrogen-bond acceptors (Lipinski definition) is 1. The van der Waals surface area contributed by atoms with Crippen LogP contribution in [0.1, 0.15) is 11.1 Å². The molecule has 20 heavy (non-hydrogen) atoms. The zero-order valence-corrected chi connectivity index (χ0v) is 12.8. The van der Waals surface area contributed by atoms with Crippen molar-refractivity contribution in [2.45, 2.75) is 19.9 Å². The third-order valence-corrected chi connectivity index (χ3v) is 4.04. The number of H-pyrrole nitrogens is 1. The second-order valence-electron chi connectivity index (χ2n) is 4.98. The Bertz CT molecular complexity index is 799. The van der Waals surface area contributed by atoms with Crippen LogP contribution < -0.4 is 0 Å². The smallest absolute Gasteiger partial charge is 0.178 e. The number of halogens is 1. The summed E-state index contributed by atoms with van der Waals surface area (Å²) in [5.74, 6) is 0. The van der Waals surface area contributed by atoms with E-state index >= 15 is 0 Å². The molecule has 0 atom stereocenters. The second-order valence-corrected chi connectivity index (χ2v) is 5.80. The molecule has 4 heteroatoms. The van der Waals surface area contributed by atoms with Crippen LogP contribution in [-0.2, 0) is 13.0 Å². The molecule has 1 heterocycles. The van der Waals surface area contributed by atoms with Crippen LogP contribution in [0.5, 0.6) is 0 Å². The molecule has 0 saturated heterocycles. The maximum absolute atomic E-state index is 5.91. The van der Waals surface area contributed by atoms with Gasteiger partial charge in [-0.1, -0.05) is 29.8 Å². The maximum Gasteiger partial charge on any atom is 0.178 e. The molecule has 0 bridgehead atoms. The summed E-state index contributed by atoms with van der Waals surface area (Å²) in [6, 6.07) is 14.3. The summed E-state index contributed by atoms with van der Waals surface area (Å²) in [7, 11) is 0. The normalized spacial score (nSPS) is 11.1. The van der Waals surface area contributed by atoms with Gasteiger partial charge < -0.3 is 9.55 Å². The Balaban J connectivity index is 1.90. The van der Waals surface area contributed by atoms with Gasteiger partial charge in [-0.2, -0.15) is 0 Å². The van der Waals surface area contributed by atoms with Gasteiger partial charge in [0.2, 0.25) is 0 Å². The van der Waals surface area contributed by atoms with Gasteiger partial charge in [0.1, 0.15) is 0 Å². The lowest BCUT2D eigenvalue weighted by molar-refractivity contribution is 0.706. The van der Waals surface area contributed by atoms with Crippen molar-refractivity contribution < 1.29 is 0 Å². The predicted molar refractivity (Wildman–Crippen MR) is 87.0 cm³/mol. The van der Waals surface area contributed by atoms with Crippen LogP contribution in [0.15, 0.2) is 42.5 Å². The predicted octanol–water partition coefficient (Wildman–Crippen LogP) is 4.90. The molecule has 0 aliphatic rings. The number of imidazole rings is 1. The zero-order valence-electron chi connectivity index (χ0n) is 11.2. The molecule has 0 aliphatic heterocycles. The van der Waals surface area contributed by atoms with Gasteiger partial charge in [-0.15, -0.1) is 0 Å². The van der Waals surface area contributed by atoms with Crippen molar-refractivity contribution in [3.63, 3.8) is 0 Å². The summed E-state index contributed by atoms with van der Waals surface area (Å²) in [6.45, 7) is 2.96. The zero-order chi connectivity index (χ0) is 14.1. The number of nitrogens with zero attached hydrogens (tertiary/aromatic N) is 1. The molecular weight excluding hydrogens is 288 g/mol. The largest absolute Gasteiger partial charge is 0.331 e. The Labute approximate surface area is 128 Å². The molecule has 0 fully saturated rings. The minimum absolute atomic E-state index is 0.771. The van der Waals surface area contributed by atoms with E-state index in [4.69, 9.17) is 23.8 Å². The van der Waals surface area contributed by atoms with Gasteiger partial charge in [0.25, 0.3) is 0 Å². The van der Waals surface area contributed by atoms with Crippen LogP contribution in [0.4, 0.5) is 0 Å². The van der Waals surface area contributed by atoms with Crippen molar-refractivity contribution in [1.29, 1.82) is 0 Å². The SMILES string of the molecule is Cc1ccc2[nH]c(=S)n(CCc3ccc(Cl)cc3)c2c1. The van der Waals surface area contributed by atoms with E-state index in [0.717, 1.165) is 28.3 Å². The van der Waals surface area contributed by atoms with E-state index in [2.05, 4.69) is 46.8 Å². The first-order chi connectivity index (χ1) is 9.63. The molecule has 0 saturated carbocycles. The molecule has 0 unspecified atom stereocenters. The summed E-state index contributed by atoms with van der Waals surface area (Å²) in [4.78, 5) is 3.26. The summed E-state index contributed by atoms with van der Waals surface area (Å²) < 4.78 is 2.94. The van der Waals surface area contributed by atoms with Crippen LogP contribution in [-0.4, -0.2) is 9.55 Å². The van der Waals surface area contributed by atoms with E-state index in [0.29, 0.717) is 0 Å². The van der Waals surface area contributed by atoms with Crippen LogP contribution in [0.2, 0.25) is 5.02 Å². The lowest BCUT2D eigenvalue weighted by Gasteiger charge is -2.05. The number of nitrogens with one attached hydrogen (secondary N) is 1. The van der Waals surface area contributed by atoms with Gasteiger partial charge in [-0.3, -0.25) is 0 Å². The van der Waals surface area contributed by atoms with Gasteiger partial charge in [0.15, 0.2) is 4.77 Å². The second kappa shape index (κ2) is 5.43. The average Bonchev–Trinajstić information content (AvgIpc) is 2.73. The van der Waals surface area contributed by atoms with E-state index in [1.807, 2.05) is 12.1 Å². The van der Waals surface area contributed by atoms with E-state index in [1.165, 1.54) is 16.6 Å². The fourth-order valence-electron chi connectivity index (χ4n) is 2.38. The van der Waals surface area contributed by atoms with Crippen molar-refractivity contribution >= 4 is 34.9 Å². The maximum atomic E-state index is 5.91. The molecule has 0 radical (unpaired) electrons. The molecule has 2 nitrogen and oxygen atoms in total. The number of rotatable bonds is 3. The van der Waals surface area contributed by atoms with Crippen molar-refractivity contribution in [2.24, 2.45) is 0 Å². The van der Waals surface area contributed by atoms with Crippen molar-refractivity contribution in [1.82, 2.24) is 9.55 Å². The lowest BCUT2D eigenvalue weighted by Crippen LogP contribution is -2.01. The van der Waals surface area contributed by atoms with Crippen molar-refractivity contribution in [3.8, 4) is 0 Å². The fourth-order valence-corrected chi connectivity index (χ4v) is 2.80. The molecule has 0 spiro atoms. The van der Waals surface area contributed by atoms with Crippen molar-refractivity contribution in [2.75, 3.05) is 0 Å². The Hall–Kier alpha value is -1.58. The molecule has 102 valence electrons. The van der Waals surface area contributed by atoms with Gasteiger partial charge in [-0.25, -0.2) is 0 Å². The summed E-state index contributed by atoms with van der Waals surface area (Å²) in [5.41, 5.74) is 4.77. The minimum Gasteiger partial charge on any atom is -0.331 e. The van der Waals surface area contributed by atoms with E-state index in [-0.39, 0.29) is 0 Å². The summed E-state index contributed by atoms with van der Waals surface area (Å²) >= 11 is 11.3. The lowest BCUT2D eigenvalue weighted by atomic mass is 10.1. The molecule has 2 aromatic carbocycles. The topological polar surface area (TPSA) is 20.7 Å². The summed E-state index contributed by atoms with van der Waals surface area (Å²) in [6.07, 6.45) is 0.937. The van der Waals surface area contributed by atoms with E-state index in [9.17, 15) is 0 Å². The first-order valence-corrected chi connectivity index (χ1v) is 7.36. The van der Waals surface area contributed by atoms with Crippen molar-refractivity contribution in [3.05, 3.63) is 63.4 Å². The number of aromatic nitrogens is 2. The molecule has 0 aliphatic carbocycles. The average molecular weight is 303 g/mol. The number of fused-ring (bicyclic) bond motifs is 1. The van der Waals surface area contributed by atoms with Crippen LogP contribution in [0.25, 0.3) is 11.0 Å². The standard InChI is InChI=1S/C16H15ClN2S/c1-11-2-7-14-15(10-11)19(16(20)18-14)9-8-12-3-5-13(17)6-4-12/h2-7,10H,8-9H2,1H3,(H,18,20). The Morgan fingerprint density at radius 3 is 2.65 bits per heavy atom. The molecule has 1 N–H and O–H groups in total. The van der Waals surface area contributed by atoms with E-state index < -0.39 is 0 Å². The highest BCUT2D eigenvalue weighted by Crippen LogP contribution is 2.17. The van der Waals surface area contributed by atoms with Crippen LogP contribution in [0, 0.1) is 11.7 Å². The van der Waals surface area contributed by atoms with Crippen LogP contribution >= 0.6 is 23.8 Å². The highest BCUT2D eigenvalue weighted by molar-refractivity contribution is 7.71. The number of benzene rings is 2.